The molecular weight excluding hydrogens is 244 g/mol. The van der Waals surface area contributed by atoms with Crippen LogP contribution in [-0.4, -0.2) is 25.2 Å². The van der Waals surface area contributed by atoms with Crippen molar-refractivity contribution in [2.24, 2.45) is 5.92 Å². The second kappa shape index (κ2) is 7.12. The zero-order valence-corrected chi connectivity index (χ0v) is 13.5. The van der Waals surface area contributed by atoms with Gasteiger partial charge < -0.3 is 10.2 Å². The van der Waals surface area contributed by atoms with Gasteiger partial charge in [-0.2, -0.15) is 0 Å². The van der Waals surface area contributed by atoms with E-state index in [0.29, 0.717) is 18.0 Å². The quantitative estimate of drug-likeness (QED) is 0.877. The fraction of sp³-hybridized carbons (Fsp3) is 0.667. The summed E-state index contributed by atoms with van der Waals surface area (Å²) in [7, 11) is 0. The average Bonchev–Trinajstić information content (AvgIpc) is 2.47. The minimum atomic E-state index is 0.605. The summed E-state index contributed by atoms with van der Waals surface area (Å²) in [6.45, 7) is 11.4. The van der Waals surface area contributed by atoms with E-state index in [0.717, 1.165) is 13.1 Å². The summed E-state index contributed by atoms with van der Waals surface area (Å²) < 4.78 is 0. The van der Waals surface area contributed by atoms with Crippen molar-refractivity contribution >= 4 is 5.69 Å². The third kappa shape index (κ3) is 3.54. The SMILES string of the molecule is CCCc1ccc(N2CC(C(C)C)NCC2CC)cc1. The largest absolute Gasteiger partial charge is 0.366 e. The Morgan fingerprint density at radius 2 is 1.90 bits per heavy atom. The normalized spacial score (nSPS) is 23.4. The van der Waals surface area contributed by atoms with Crippen molar-refractivity contribution in [3.05, 3.63) is 29.8 Å². The Hall–Kier alpha value is -1.02. The van der Waals surface area contributed by atoms with Gasteiger partial charge in [0.05, 0.1) is 0 Å². The van der Waals surface area contributed by atoms with Gasteiger partial charge in [0.2, 0.25) is 0 Å². The molecule has 1 aromatic rings. The van der Waals surface area contributed by atoms with E-state index >= 15 is 0 Å². The molecule has 1 fully saturated rings. The Labute approximate surface area is 124 Å². The van der Waals surface area contributed by atoms with Crippen molar-refractivity contribution in [1.29, 1.82) is 0 Å². The number of aryl methyl sites for hydroxylation is 1. The van der Waals surface area contributed by atoms with Crippen LogP contribution in [0, 0.1) is 5.92 Å². The van der Waals surface area contributed by atoms with Gasteiger partial charge in [0, 0.05) is 30.9 Å². The molecule has 1 heterocycles. The molecule has 2 nitrogen and oxygen atoms in total. The van der Waals surface area contributed by atoms with Crippen LogP contribution >= 0.6 is 0 Å². The van der Waals surface area contributed by atoms with Gasteiger partial charge in [0.1, 0.15) is 0 Å². The lowest BCUT2D eigenvalue weighted by Crippen LogP contribution is -2.58. The zero-order valence-electron chi connectivity index (χ0n) is 13.5. The number of anilines is 1. The number of rotatable bonds is 5. The Kier molecular flexibility index (Phi) is 5.47. The number of nitrogens with zero attached hydrogens (tertiary/aromatic N) is 1. The lowest BCUT2D eigenvalue weighted by Gasteiger charge is -2.43. The summed E-state index contributed by atoms with van der Waals surface area (Å²) in [5.74, 6) is 0.690. The van der Waals surface area contributed by atoms with E-state index in [1.165, 1.54) is 30.5 Å². The fourth-order valence-corrected chi connectivity index (χ4v) is 3.09. The molecule has 1 saturated heterocycles. The predicted octanol–water partition coefficient (Wildman–Crippen LogP) is 3.85. The van der Waals surface area contributed by atoms with Crippen LogP contribution < -0.4 is 10.2 Å². The van der Waals surface area contributed by atoms with Crippen LogP contribution in [0.15, 0.2) is 24.3 Å². The first-order valence-corrected chi connectivity index (χ1v) is 8.24. The maximum absolute atomic E-state index is 3.71. The molecule has 0 radical (unpaired) electrons. The number of nitrogens with one attached hydrogen (secondary N) is 1. The van der Waals surface area contributed by atoms with E-state index in [4.69, 9.17) is 0 Å². The lowest BCUT2D eigenvalue weighted by atomic mass is 9.97. The summed E-state index contributed by atoms with van der Waals surface area (Å²) in [5, 5.41) is 3.71. The van der Waals surface area contributed by atoms with E-state index in [9.17, 15) is 0 Å². The molecule has 1 aliphatic rings. The first kappa shape index (κ1) is 15.4. The summed E-state index contributed by atoms with van der Waals surface area (Å²) in [4.78, 5) is 2.61. The number of piperazine rings is 1. The standard InChI is InChI=1S/C18H30N2/c1-5-7-15-8-10-17(11-9-15)20-13-18(14(3)4)19-12-16(20)6-2/h8-11,14,16,18-19H,5-7,12-13H2,1-4H3. The van der Waals surface area contributed by atoms with Gasteiger partial charge >= 0.3 is 0 Å². The monoisotopic (exact) mass is 274 g/mol. The molecule has 1 aliphatic heterocycles. The van der Waals surface area contributed by atoms with Gasteiger partial charge in [-0.3, -0.25) is 0 Å². The molecule has 20 heavy (non-hydrogen) atoms. The van der Waals surface area contributed by atoms with Crippen molar-refractivity contribution in [1.82, 2.24) is 5.32 Å². The van der Waals surface area contributed by atoms with Crippen LogP contribution in [0.25, 0.3) is 0 Å². The number of hydrogen-bond donors (Lipinski definition) is 1. The number of benzene rings is 1. The first-order valence-electron chi connectivity index (χ1n) is 8.24. The Balaban J connectivity index is 2.13. The van der Waals surface area contributed by atoms with Crippen molar-refractivity contribution in [3.63, 3.8) is 0 Å². The minimum Gasteiger partial charge on any atom is -0.366 e. The van der Waals surface area contributed by atoms with E-state index in [2.05, 4.69) is 62.2 Å². The lowest BCUT2D eigenvalue weighted by molar-refractivity contribution is 0.325. The molecule has 2 atom stereocenters. The first-order chi connectivity index (χ1) is 9.65. The molecule has 0 aliphatic carbocycles. The summed E-state index contributed by atoms with van der Waals surface area (Å²) >= 11 is 0. The molecule has 2 rings (SSSR count). The van der Waals surface area contributed by atoms with Crippen molar-refractivity contribution in [2.75, 3.05) is 18.0 Å². The zero-order chi connectivity index (χ0) is 14.5. The molecule has 0 bridgehead atoms. The molecule has 112 valence electrons. The summed E-state index contributed by atoms with van der Waals surface area (Å²) in [5.41, 5.74) is 2.85. The molecule has 0 amide bonds. The maximum atomic E-state index is 3.71. The van der Waals surface area contributed by atoms with Crippen molar-refractivity contribution in [3.8, 4) is 0 Å². The molecule has 0 spiro atoms. The molecule has 0 aromatic heterocycles. The van der Waals surface area contributed by atoms with Crippen LogP contribution in [0.5, 0.6) is 0 Å². The summed E-state index contributed by atoms with van der Waals surface area (Å²) in [6.07, 6.45) is 3.61. The van der Waals surface area contributed by atoms with E-state index in [-0.39, 0.29) is 0 Å². The summed E-state index contributed by atoms with van der Waals surface area (Å²) in [6, 6.07) is 10.5. The minimum absolute atomic E-state index is 0.605. The molecule has 0 saturated carbocycles. The topological polar surface area (TPSA) is 15.3 Å². The Bertz CT molecular complexity index is 396. The fourth-order valence-electron chi connectivity index (χ4n) is 3.09. The van der Waals surface area contributed by atoms with E-state index in [1.807, 2.05) is 0 Å². The van der Waals surface area contributed by atoms with Crippen LogP contribution in [0.3, 0.4) is 0 Å². The molecule has 2 heteroatoms. The second-order valence-corrected chi connectivity index (χ2v) is 6.39. The third-order valence-electron chi connectivity index (χ3n) is 4.53. The van der Waals surface area contributed by atoms with Gasteiger partial charge in [-0.1, -0.05) is 46.2 Å². The Morgan fingerprint density at radius 3 is 2.45 bits per heavy atom. The van der Waals surface area contributed by atoms with Gasteiger partial charge in [-0.05, 0) is 36.5 Å². The van der Waals surface area contributed by atoms with Crippen molar-refractivity contribution in [2.45, 2.75) is 59.0 Å². The van der Waals surface area contributed by atoms with Gasteiger partial charge in [0.25, 0.3) is 0 Å². The molecule has 1 aromatic carbocycles. The Morgan fingerprint density at radius 1 is 1.20 bits per heavy atom. The average molecular weight is 274 g/mol. The van der Waals surface area contributed by atoms with Crippen LogP contribution in [0.4, 0.5) is 5.69 Å². The van der Waals surface area contributed by atoms with E-state index < -0.39 is 0 Å². The highest BCUT2D eigenvalue weighted by Gasteiger charge is 2.28. The second-order valence-electron chi connectivity index (χ2n) is 6.39. The molecular formula is C18H30N2. The highest BCUT2D eigenvalue weighted by Crippen LogP contribution is 2.24. The van der Waals surface area contributed by atoms with Crippen LogP contribution in [-0.2, 0) is 6.42 Å². The highest BCUT2D eigenvalue weighted by atomic mass is 15.2. The van der Waals surface area contributed by atoms with Gasteiger partial charge in [0.15, 0.2) is 0 Å². The highest BCUT2D eigenvalue weighted by molar-refractivity contribution is 5.49. The molecule has 2 unspecified atom stereocenters. The van der Waals surface area contributed by atoms with E-state index in [1.54, 1.807) is 0 Å². The van der Waals surface area contributed by atoms with Gasteiger partial charge in [-0.25, -0.2) is 0 Å². The van der Waals surface area contributed by atoms with Gasteiger partial charge in [-0.15, -0.1) is 0 Å². The van der Waals surface area contributed by atoms with Crippen LogP contribution in [0.2, 0.25) is 0 Å². The maximum Gasteiger partial charge on any atom is 0.0412 e. The smallest absolute Gasteiger partial charge is 0.0412 e. The van der Waals surface area contributed by atoms with Crippen molar-refractivity contribution < 1.29 is 0 Å². The number of hydrogen-bond acceptors (Lipinski definition) is 2. The predicted molar refractivity (Wildman–Crippen MR) is 88.5 cm³/mol. The van der Waals surface area contributed by atoms with Crippen LogP contribution in [0.1, 0.15) is 46.1 Å². The molecule has 1 N–H and O–H groups in total. The third-order valence-corrected chi connectivity index (χ3v) is 4.53.